The van der Waals surface area contributed by atoms with Crippen molar-refractivity contribution in [2.75, 3.05) is 6.54 Å². The highest BCUT2D eigenvalue weighted by Gasteiger charge is 2.14. The first-order valence-electron chi connectivity index (χ1n) is 15.0. The van der Waals surface area contributed by atoms with Crippen molar-refractivity contribution in [1.29, 1.82) is 0 Å². The van der Waals surface area contributed by atoms with Crippen LogP contribution in [0.3, 0.4) is 0 Å². The van der Waals surface area contributed by atoms with Gasteiger partial charge in [0.2, 0.25) is 0 Å². The second-order valence-electron chi connectivity index (χ2n) is 10.9. The molecule has 0 aliphatic heterocycles. The Balaban J connectivity index is 1.23. The average Bonchev–Trinajstić information content (AvgIpc) is 3.09. The van der Waals surface area contributed by atoms with Crippen molar-refractivity contribution in [1.82, 2.24) is 20.3 Å². The zero-order valence-electron chi connectivity index (χ0n) is 25.5. The molecule has 6 rings (SSSR count). The van der Waals surface area contributed by atoms with Crippen molar-refractivity contribution in [3.8, 4) is 57.5 Å². The second-order valence-corrected chi connectivity index (χ2v) is 10.9. The molecule has 8 nitrogen and oxygen atoms in total. The summed E-state index contributed by atoms with van der Waals surface area (Å²) in [6.45, 7) is 4.68. The first-order chi connectivity index (χ1) is 22.5. The summed E-state index contributed by atoms with van der Waals surface area (Å²) < 4.78 is 18.0. The van der Waals surface area contributed by atoms with Gasteiger partial charge in [-0.05, 0) is 76.7 Å². The van der Waals surface area contributed by atoms with Gasteiger partial charge in [-0.25, -0.2) is 0 Å². The Bertz CT molecular complexity index is 1780. The number of benzene rings is 5. The molecule has 5 aromatic carbocycles. The molecule has 0 bridgehead atoms. The number of carbonyl (C=O) groups is 1. The van der Waals surface area contributed by atoms with E-state index in [1.54, 1.807) is 24.3 Å². The normalized spacial score (nSPS) is 10.8. The molecule has 0 fully saturated rings. The van der Waals surface area contributed by atoms with Crippen molar-refractivity contribution in [3.05, 3.63) is 139 Å². The fourth-order valence-electron chi connectivity index (χ4n) is 4.54. The topological polar surface area (TPSA) is 95.5 Å². The van der Waals surface area contributed by atoms with Gasteiger partial charge < -0.3 is 19.5 Å². The van der Waals surface area contributed by atoms with E-state index in [9.17, 15) is 4.79 Å². The molecule has 228 valence electrons. The molecule has 0 spiro atoms. The summed E-state index contributed by atoms with van der Waals surface area (Å²) >= 11 is 0. The lowest BCUT2D eigenvalue weighted by Crippen LogP contribution is -2.27. The fraction of sp³-hybridized carbons (Fsp3) is 0.105. The Kier molecular flexibility index (Phi) is 9.25. The summed E-state index contributed by atoms with van der Waals surface area (Å²) in [5.74, 6) is 1.71. The van der Waals surface area contributed by atoms with Crippen molar-refractivity contribution < 1.29 is 19.0 Å². The predicted molar refractivity (Wildman–Crippen MR) is 177 cm³/mol. The molecule has 0 unspecified atom stereocenters. The maximum Gasteiger partial charge on any atom is 0.331 e. The van der Waals surface area contributed by atoms with Crippen LogP contribution < -0.4 is 19.5 Å². The fourth-order valence-corrected chi connectivity index (χ4v) is 4.54. The van der Waals surface area contributed by atoms with Gasteiger partial charge in [0.25, 0.3) is 5.91 Å². The van der Waals surface area contributed by atoms with Crippen LogP contribution in [-0.4, -0.2) is 27.4 Å². The zero-order chi connectivity index (χ0) is 31.7. The smallest absolute Gasteiger partial charge is 0.331 e. The van der Waals surface area contributed by atoms with E-state index in [0.717, 1.165) is 22.3 Å². The van der Waals surface area contributed by atoms with Crippen LogP contribution >= 0.6 is 0 Å². The highest BCUT2D eigenvalue weighted by molar-refractivity contribution is 5.94. The molecular weight excluding hydrogens is 576 g/mol. The van der Waals surface area contributed by atoms with Crippen LogP contribution in [0, 0.1) is 5.92 Å². The number of aromatic nitrogens is 3. The van der Waals surface area contributed by atoms with Crippen molar-refractivity contribution in [2.24, 2.45) is 5.92 Å². The van der Waals surface area contributed by atoms with Crippen molar-refractivity contribution in [3.63, 3.8) is 0 Å². The summed E-state index contributed by atoms with van der Waals surface area (Å²) in [5, 5.41) is 2.91. The lowest BCUT2D eigenvalue weighted by Gasteiger charge is -2.11. The Labute approximate surface area is 267 Å². The molecular formula is C38H32N4O4. The Hall–Kier alpha value is -6.02. The van der Waals surface area contributed by atoms with Gasteiger partial charge in [-0.15, -0.1) is 15.0 Å². The Morgan fingerprint density at radius 1 is 0.522 bits per heavy atom. The molecule has 0 saturated carbocycles. The van der Waals surface area contributed by atoms with E-state index in [1.807, 2.05) is 123 Å². The van der Waals surface area contributed by atoms with Gasteiger partial charge in [-0.2, -0.15) is 0 Å². The number of amides is 1. The molecule has 1 N–H and O–H groups in total. The SMILES string of the molecule is CC(C)CNC(=O)c1ccc(Oc2nc(Oc3ccc(-c4ccccc4)cc3)nc(Oc3ccc(-c4ccccc4)cc3)n2)cc1. The van der Waals surface area contributed by atoms with E-state index in [1.165, 1.54) is 0 Å². The minimum absolute atomic E-state index is 0.00181. The summed E-state index contributed by atoms with van der Waals surface area (Å²) in [7, 11) is 0. The molecule has 1 heterocycles. The number of hydrogen-bond acceptors (Lipinski definition) is 7. The van der Waals surface area contributed by atoms with Gasteiger partial charge in [0.1, 0.15) is 17.2 Å². The van der Waals surface area contributed by atoms with Crippen molar-refractivity contribution >= 4 is 5.91 Å². The first-order valence-corrected chi connectivity index (χ1v) is 15.0. The molecule has 46 heavy (non-hydrogen) atoms. The number of ether oxygens (including phenoxy) is 3. The van der Waals surface area contributed by atoms with E-state index < -0.39 is 0 Å². The average molecular weight is 609 g/mol. The van der Waals surface area contributed by atoms with Gasteiger partial charge in [0.15, 0.2) is 0 Å². The molecule has 0 aliphatic carbocycles. The van der Waals surface area contributed by atoms with Crippen molar-refractivity contribution in [2.45, 2.75) is 13.8 Å². The maximum absolute atomic E-state index is 12.4. The Morgan fingerprint density at radius 3 is 1.24 bits per heavy atom. The predicted octanol–water partition coefficient (Wildman–Crippen LogP) is 8.97. The van der Waals surface area contributed by atoms with Gasteiger partial charge in [-0.3, -0.25) is 4.79 Å². The van der Waals surface area contributed by atoms with Gasteiger partial charge in [-0.1, -0.05) is 98.8 Å². The lowest BCUT2D eigenvalue weighted by atomic mass is 10.1. The third-order valence-electron chi connectivity index (χ3n) is 6.91. The van der Waals surface area contributed by atoms with Crippen LogP contribution in [0.1, 0.15) is 24.2 Å². The third-order valence-corrected chi connectivity index (χ3v) is 6.91. The molecule has 0 atom stereocenters. The Morgan fingerprint density at radius 2 is 0.870 bits per heavy atom. The molecule has 1 amide bonds. The van der Waals surface area contributed by atoms with E-state index in [0.29, 0.717) is 35.3 Å². The molecule has 1 aromatic heterocycles. The lowest BCUT2D eigenvalue weighted by molar-refractivity contribution is 0.0949. The van der Waals surface area contributed by atoms with Crippen LogP contribution in [0.25, 0.3) is 22.3 Å². The molecule has 0 saturated heterocycles. The highest BCUT2D eigenvalue weighted by atomic mass is 16.5. The quantitative estimate of drug-likeness (QED) is 0.157. The van der Waals surface area contributed by atoms with Crippen LogP contribution in [0.2, 0.25) is 0 Å². The monoisotopic (exact) mass is 608 g/mol. The summed E-state index contributed by atoms with van der Waals surface area (Å²) in [4.78, 5) is 25.6. The van der Waals surface area contributed by atoms with Gasteiger partial charge in [0, 0.05) is 12.1 Å². The molecule has 0 radical (unpaired) electrons. The highest BCUT2D eigenvalue weighted by Crippen LogP contribution is 2.30. The van der Waals surface area contributed by atoms with Gasteiger partial charge >= 0.3 is 18.0 Å². The van der Waals surface area contributed by atoms with E-state index in [2.05, 4.69) is 20.3 Å². The summed E-state index contributed by atoms with van der Waals surface area (Å²) in [6.07, 6.45) is 0. The standard InChI is InChI=1S/C38H32N4O4/c1-26(2)25-39-35(43)31-17-23-34(24-18-31)46-38-41-36(44-32-19-13-29(14-20-32)27-9-5-3-6-10-27)40-37(42-38)45-33-21-15-30(16-22-33)28-11-7-4-8-12-28/h3-24,26H,25H2,1-2H3,(H,39,43). The van der Waals surface area contributed by atoms with Crippen LogP contribution in [0.4, 0.5) is 0 Å². The number of nitrogens with one attached hydrogen (secondary N) is 1. The second kappa shape index (κ2) is 14.2. The van der Waals surface area contributed by atoms with E-state index >= 15 is 0 Å². The minimum Gasteiger partial charge on any atom is -0.424 e. The molecule has 0 aliphatic rings. The van der Waals surface area contributed by atoms with E-state index in [4.69, 9.17) is 14.2 Å². The first kappa shape index (κ1) is 30.0. The molecule has 8 heteroatoms. The third kappa shape index (κ3) is 7.92. The largest absolute Gasteiger partial charge is 0.424 e. The summed E-state index contributed by atoms with van der Waals surface area (Å²) in [5.41, 5.74) is 4.83. The van der Waals surface area contributed by atoms with Gasteiger partial charge in [0.05, 0.1) is 0 Å². The number of rotatable bonds is 11. The number of nitrogens with zero attached hydrogens (tertiary/aromatic N) is 3. The number of carbonyl (C=O) groups excluding carboxylic acids is 1. The maximum atomic E-state index is 12.4. The van der Waals surface area contributed by atoms with Crippen LogP contribution in [0.5, 0.6) is 35.3 Å². The zero-order valence-corrected chi connectivity index (χ0v) is 25.5. The van der Waals surface area contributed by atoms with Crippen LogP contribution in [0.15, 0.2) is 133 Å². The summed E-state index contributed by atoms with van der Waals surface area (Å²) in [6, 6.07) is 42.1. The van der Waals surface area contributed by atoms with Crippen LogP contribution in [-0.2, 0) is 0 Å². The van der Waals surface area contributed by atoms with E-state index in [-0.39, 0.29) is 23.9 Å². The number of hydrogen-bond donors (Lipinski definition) is 1. The minimum atomic E-state index is -0.150. The molecule has 6 aromatic rings.